The van der Waals surface area contributed by atoms with Gasteiger partial charge in [-0.1, -0.05) is 31.2 Å². The lowest BCUT2D eigenvalue weighted by atomic mass is 10.1. The minimum absolute atomic E-state index is 0. The van der Waals surface area contributed by atoms with Gasteiger partial charge in [0.15, 0.2) is 5.13 Å². The summed E-state index contributed by atoms with van der Waals surface area (Å²) in [6.45, 7) is 2.09. The number of aliphatic carboxylic acids is 1. The summed E-state index contributed by atoms with van der Waals surface area (Å²) in [7, 11) is 0. The minimum atomic E-state index is -0.870. The zero-order valence-corrected chi connectivity index (χ0v) is 12.1. The Morgan fingerprint density at radius 3 is 2.53 bits per heavy atom. The summed E-state index contributed by atoms with van der Waals surface area (Å²) >= 11 is 1.23. The Balaban J connectivity index is 0.00000180. The van der Waals surface area contributed by atoms with Crippen molar-refractivity contribution >= 4 is 34.8 Å². The number of carboxylic acid groups (broad SMARTS) is 1. The molecule has 6 heteroatoms. The summed E-state index contributed by atoms with van der Waals surface area (Å²) in [5.41, 5.74) is 8.50. The first-order valence-corrected chi connectivity index (χ1v) is 6.48. The molecule has 0 radical (unpaired) electrons. The number of halogens is 1. The third-order valence-corrected chi connectivity index (χ3v) is 3.55. The normalized spacial score (nSPS) is 9.95. The summed E-state index contributed by atoms with van der Waals surface area (Å²) in [6, 6.07) is 7.96. The van der Waals surface area contributed by atoms with Crippen LogP contribution in [0.4, 0.5) is 5.13 Å². The van der Waals surface area contributed by atoms with E-state index < -0.39 is 5.97 Å². The van der Waals surface area contributed by atoms with Gasteiger partial charge in [-0.25, -0.2) is 4.98 Å². The van der Waals surface area contributed by atoms with Crippen LogP contribution in [0.3, 0.4) is 0 Å². The molecule has 1 aromatic carbocycles. The van der Waals surface area contributed by atoms with Crippen molar-refractivity contribution in [2.45, 2.75) is 19.8 Å². The van der Waals surface area contributed by atoms with E-state index in [2.05, 4.69) is 11.9 Å². The number of benzene rings is 1. The molecule has 0 spiro atoms. The number of carbonyl (C=O) groups is 1. The van der Waals surface area contributed by atoms with E-state index in [-0.39, 0.29) is 18.8 Å². The number of anilines is 1. The van der Waals surface area contributed by atoms with Crippen molar-refractivity contribution in [3.05, 3.63) is 34.7 Å². The molecule has 0 amide bonds. The minimum Gasteiger partial charge on any atom is -0.481 e. The first kappa shape index (κ1) is 15.5. The van der Waals surface area contributed by atoms with E-state index in [0.717, 1.165) is 12.0 Å². The monoisotopic (exact) mass is 298 g/mol. The van der Waals surface area contributed by atoms with E-state index in [4.69, 9.17) is 10.8 Å². The molecular weight excluding hydrogens is 284 g/mol. The van der Waals surface area contributed by atoms with Crippen molar-refractivity contribution in [2.24, 2.45) is 0 Å². The number of thiazole rings is 1. The van der Waals surface area contributed by atoms with Crippen molar-refractivity contribution in [1.82, 2.24) is 4.98 Å². The topological polar surface area (TPSA) is 76.2 Å². The fourth-order valence-electron chi connectivity index (χ4n) is 1.75. The number of nitrogen functional groups attached to an aromatic ring is 1. The molecule has 0 aliphatic rings. The molecule has 0 bridgehead atoms. The Labute approximate surface area is 121 Å². The summed E-state index contributed by atoms with van der Waals surface area (Å²) in [5, 5.41) is 9.27. The molecule has 0 saturated carbocycles. The zero-order valence-electron chi connectivity index (χ0n) is 10.4. The molecule has 0 atom stereocenters. The lowest BCUT2D eigenvalue weighted by molar-refractivity contribution is -0.136. The van der Waals surface area contributed by atoms with E-state index in [1.54, 1.807) is 0 Å². The highest BCUT2D eigenvalue weighted by Crippen LogP contribution is 2.30. The van der Waals surface area contributed by atoms with Crippen LogP contribution in [0.5, 0.6) is 0 Å². The molecule has 1 aromatic heterocycles. The lowest BCUT2D eigenvalue weighted by Crippen LogP contribution is -1.99. The molecule has 3 N–H and O–H groups in total. The molecule has 1 heterocycles. The number of nitrogens with zero attached hydrogens (tertiary/aromatic N) is 1. The molecule has 2 aromatic rings. The third-order valence-electron chi connectivity index (χ3n) is 2.66. The molecule has 2 rings (SSSR count). The van der Waals surface area contributed by atoms with Crippen LogP contribution in [0, 0.1) is 0 Å². The van der Waals surface area contributed by atoms with Crippen LogP contribution in [0.25, 0.3) is 11.3 Å². The fourth-order valence-corrected chi connectivity index (χ4v) is 2.60. The Bertz CT molecular complexity index is 567. The van der Waals surface area contributed by atoms with Gasteiger partial charge in [-0.05, 0) is 12.0 Å². The van der Waals surface area contributed by atoms with Gasteiger partial charge in [0.25, 0.3) is 0 Å². The highest BCUT2D eigenvalue weighted by atomic mass is 35.5. The quantitative estimate of drug-likeness (QED) is 0.909. The highest BCUT2D eigenvalue weighted by Gasteiger charge is 2.14. The lowest BCUT2D eigenvalue weighted by Gasteiger charge is -2.02. The van der Waals surface area contributed by atoms with Gasteiger partial charge in [0.2, 0.25) is 0 Å². The van der Waals surface area contributed by atoms with Crippen LogP contribution >= 0.6 is 23.7 Å². The summed E-state index contributed by atoms with van der Waals surface area (Å²) in [5.74, 6) is -0.870. The van der Waals surface area contributed by atoms with Crippen LogP contribution in [-0.4, -0.2) is 16.1 Å². The van der Waals surface area contributed by atoms with Crippen molar-refractivity contribution in [2.75, 3.05) is 5.73 Å². The number of nitrogens with two attached hydrogens (primary N) is 1. The Morgan fingerprint density at radius 1 is 1.37 bits per heavy atom. The largest absolute Gasteiger partial charge is 0.481 e. The average Bonchev–Trinajstić information content (AvgIpc) is 2.69. The van der Waals surface area contributed by atoms with Gasteiger partial charge in [0.1, 0.15) is 0 Å². The first-order valence-electron chi connectivity index (χ1n) is 5.66. The number of carboxylic acids is 1. The second kappa shape index (κ2) is 6.54. The maximum absolute atomic E-state index is 10.8. The summed E-state index contributed by atoms with van der Waals surface area (Å²) in [4.78, 5) is 15.7. The molecule has 0 aliphatic heterocycles. The van der Waals surface area contributed by atoms with Gasteiger partial charge in [0.05, 0.1) is 12.1 Å². The number of hydrogen-bond acceptors (Lipinski definition) is 4. The molecule has 0 saturated heterocycles. The van der Waals surface area contributed by atoms with E-state index in [0.29, 0.717) is 15.7 Å². The van der Waals surface area contributed by atoms with Crippen LogP contribution in [0.2, 0.25) is 0 Å². The van der Waals surface area contributed by atoms with Gasteiger partial charge in [-0.2, -0.15) is 0 Å². The number of aromatic nitrogens is 1. The Kier molecular flexibility index (Phi) is 5.32. The number of aryl methyl sites for hydroxylation is 1. The zero-order chi connectivity index (χ0) is 13.1. The Hall–Kier alpha value is -1.59. The van der Waals surface area contributed by atoms with Crippen LogP contribution in [0.1, 0.15) is 17.4 Å². The van der Waals surface area contributed by atoms with E-state index in [1.807, 2.05) is 24.3 Å². The molecule has 19 heavy (non-hydrogen) atoms. The van der Waals surface area contributed by atoms with Crippen molar-refractivity contribution in [3.63, 3.8) is 0 Å². The Morgan fingerprint density at radius 2 is 2.00 bits per heavy atom. The summed E-state index contributed by atoms with van der Waals surface area (Å²) < 4.78 is 0. The second-order valence-corrected chi connectivity index (χ2v) is 5.06. The van der Waals surface area contributed by atoms with E-state index >= 15 is 0 Å². The van der Waals surface area contributed by atoms with Crippen molar-refractivity contribution < 1.29 is 9.90 Å². The standard InChI is InChI=1S/C13H14N2O2S.ClH/c1-2-8-3-5-9(6-4-8)12-10(7-11(16)17)18-13(14)15-12;/h3-6H,2,7H2,1H3,(H2,14,15)(H,16,17);1H. The maximum atomic E-state index is 10.8. The van der Waals surface area contributed by atoms with Crippen molar-refractivity contribution in [3.8, 4) is 11.3 Å². The van der Waals surface area contributed by atoms with Gasteiger partial charge < -0.3 is 10.8 Å². The molecule has 102 valence electrons. The molecule has 4 nitrogen and oxygen atoms in total. The molecule has 0 fully saturated rings. The highest BCUT2D eigenvalue weighted by molar-refractivity contribution is 7.15. The maximum Gasteiger partial charge on any atom is 0.308 e. The van der Waals surface area contributed by atoms with Gasteiger partial charge >= 0.3 is 5.97 Å². The predicted octanol–water partition coefficient (Wildman–Crippen LogP) is 3.00. The smallest absolute Gasteiger partial charge is 0.308 e. The van der Waals surface area contributed by atoms with Gasteiger partial charge in [-0.15, -0.1) is 23.7 Å². The van der Waals surface area contributed by atoms with Crippen LogP contribution in [-0.2, 0) is 17.6 Å². The SMILES string of the molecule is CCc1ccc(-c2nc(N)sc2CC(=O)O)cc1.Cl. The van der Waals surface area contributed by atoms with Crippen LogP contribution < -0.4 is 5.73 Å². The summed E-state index contributed by atoms with van der Waals surface area (Å²) in [6.07, 6.45) is 0.932. The van der Waals surface area contributed by atoms with Gasteiger partial charge in [0, 0.05) is 10.4 Å². The average molecular weight is 299 g/mol. The molecular formula is C13H15ClN2O2S. The van der Waals surface area contributed by atoms with Gasteiger partial charge in [-0.3, -0.25) is 4.79 Å². The third kappa shape index (κ3) is 3.68. The second-order valence-electron chi connectivity index (χ2n) is 3.94. The van der Waals surface area contributed by atoms with Crippen molar-refractivity contribution in [1.29, 1.82) is 0 Å². The molecule has 0 aliphatic carbocycles. The van der Waals surface area contributed by atoms with Crippen LogP contribution in [0.15, 0.2) is 24.3 Å². The number of hydrogen-bond donors (Lipinski definition) is 2. The number of rotatable bonds is 4. The van der Waals surface area contributed by atoms with E-state index in [1.165, 1.54) is 16.9 Å². The first-order chi connectivity index (χ1) is 8.60. The van der Waals surface area contributed by atoms with E-state index in [9.17, 15) is 4.79 Å². The predicted molar refractivity (Wildman–Crippen MR) is 79.9 cm³/mol. The molecule has 0 unspecified atom stereocenters. The fraction of sp³-hybridized carbons (Fsp3) is 0.231.